The molecular weight excluding hydrogens is 1020 g/mol. The number of likely N-dealkylation sites (tertiary alicyclic amines) is 1. The molecule has 0 radical (unpaired) electrons. The average molecular weight is 1090 g/mol. The molecule has 0 bridgehead atoms. The number of amides is 6. The molecule has 418 valence electrons. The third kappa shape index (κ3) is 14.9. The molecule has 3 aliphatic heterocycles. The van der Waals surface area contributed by atoms with Gasteiger partial charge in [0.2, 0.25) is 23.6 Å². The molecule has 1 aromatic carbocycles. The Morgan fingerprint density at radius 3 is 2.32 bits per heavy atom. The maximum atomic E-state index is 13.9. The number of H-pyrrole nitrogens is 1. The number of nitrogen functional groups attached to an aromatic ring is 1. The quantitative estimate of drug-likeness (QED) is 0.0352. The summed E-state index contributed by atoms with van der Waals surface area (Å²) in [6, 6.07) is 11.0. The van der Waals surface area contributed by atoms with Gasteiger partial charge in [0.05, 0.1) is 35.1 Å². The number of aromatic amines is 1. The summed E-state index contributed by atoms with van der Waals surface area (Å²) >= 11 is 0. The van der Waals surface area contributed by atoms with E-state index in [9.17, 15) is 41.9 Å². The fourth-order valence-corrected chi connectivity index (χ4v) is 11.1. The van der Waals surface area contributed by atoms with E-state index in [0.29, 0.717) is 65.4 Å². The summed E-state index contributed by atoms with van der Waals surface area (Å²) < 4.78 is 39.6. The fraction of sp³-hybridized carbons (Fsp3) is 0.474. The van der Waals surface area contributed by atoms with Crippen LogP contribution in [-0.2, 0) is 25.4 Å². The maximum absolute atomic E-state index is 13.9. The highest BCUT2D eigenvalue weighted by Crippen LogP contribution is 2.34. The van der Waals surface area contributed by atoms with Crippen LogP contribution in [0.1, 0.15) is 128 Å². The predicted octanol–water partition coefficient (Wildman–Crippen LogP) is 7.28. The Hall–Kier alpha value is -7.75. The number of hydrogen-bond acceptors (Lipinski definition) is 13. The largest absolute Gasteiger partial charge is 0.416 e. The SMILES string of the molecule is Nc1ncc(/C=C/CCCN(CC(=O)NC2CCCCC2)C(=O)CCC2CCN(CC3CCN(c4ccc(C(=O)NC5CCC(=O)NC5=O)nc4)CC3)CC2)c2n[nH]c(-c3ccc(C(=O)Nc4cc(C(F)(F)F)ccn4)cc3)c12. The summed E-state index contributed by atoms with van der Waals surface area (Å²) in [6.45, 7) is 5.25. The first-order valence-electron chi connectivity index (χ1n) is 27.5. The van der Waals surface area contributed by atoms with E-state index >= 15 is 0 Å². The van der Waals surface area contributed by atoms with Crippen LogP contribution in [0, 0.1) is 11.8 Å². The standard InChI is InChI=1S/C57H68F3N13O6/c58-57(59,60)41-20-25-62-46(31-41)67-54(77)39-13-11-38(12-14-39)51-50-52(70-69-51)40(32-64-53(50)61)7-3-2-6-26-73(35-48(75)65-42-8-4-1-5-9-42)49(76)19-10-36-21-27-71(28-22-36)34-37-23-29-72(30-24-37)43-15-16-44(63-33-43)55(78)66-45-17-18-47(74)68-56(45)79/h3,7,11-16,20,25,31-33,36-37,42,45H,1-2,4-6,8-10,17-19,21-24,26-30,34-35H2,(H2,61,64)(H,65,75)(H,66,78)(H,69,70)(H,62,67,77)(H,68,74,79)/b7-3+. The van der Waals surface area contributed by atoms with Gasteiger partial charge in [-0.15, -0.1) is 0 Å². The minimum Gasteiger partial charge on any atom is -0.383 e. The minimum atomic E-state index is -4.58. The van der Waals surface area contributed by atoms with Gasteiger partial charge in [0.25, 0.3) is 11.8 Å². The number of halogens is 3. The van der Waals surface area contributed by atoms with Crippen LogP contribution < -0.4 is 31.9 Å². The highest BCUT2D eigenvalue weighted by molar-refractivity contribution is 6.06. The number of benzene rings is 1. The minimum absolute atomic E-state index is 0.00724. The molecule has 1 atom stereocenters. The summed E-state index contributed by atoms with van der Waals surface area (Å²) in [5, 5.41) is 18.7. The van der Waals surface area contributed by atoms with Crippen molar-refractivity contribution in [2.45, 2.75) is 115 Å². The number of unbranched alkanes of at least 4 members (excludes halogenated alkanes) is 1. The second-order valence-electron chi connectivity index (χ2n) is 21.2. The van der Waals surface area contributed by atoms with Crippen molar-refractivity contribution in [1.82, 2.24) is 50.9 Å². The van der Waals surface area contributed by atoms with Crippen molar-refractivity contribution in [3.05, 3.63) is 95.6 Å². The molecule has 4 fully saturated rings. The zero-order valence-corrected chi connectivity index (χ0v) is 44.2. The molecular formula is C57H68F3N13O6. The summed E-state index contributed by atoms with van der Waals surface area (Å²) in [4.78, 5) is 95.7. The van der Waals surface area contributed by atoms with Gasteiger partial charge in [-0.1, -0.05) is 43.5 Å². The van der Waals surface area contributed by atoms with Crippen molar-refractivity contribution >= 4 is 69.7 Å². The fourth-order valence-electron chi connectivity index (χ4n) is 11.1. The van der Waals surface area contributed by atoms with Crippen LogP contribution >= 0.6 is 0 Å². The Morgan fingerprint density at radius 1 is 0.835 bits per heavy atom. The Kier molecular flexibility index (Phi) is 18.3. The van der Waals surface area contributed by atoms with Gasteiger partial charge in [0.15, 0.2) is 0 Å². The molecule has 7 heterocycles. The first-order valence-corrected chi connectivity index (χ1v) is 27.5. The number of pyridine rings is 3. The van der Waals surface area contributed by atoms with Crippen molar-refractivity contribution in [2.75, 3.05) is 61.8 Å². The van der Waals surface area contributed by atoms with E-state index in [1.54, 1.807) is 35.5 Å². The molecule has 1 saturated carbocycles. The highest BCUT2D eigenvalue weighted by Gasteiger charge is 2.32. The monoisotopic (exact) mass is 1090 g/mol. The van der Waals surface area contributed by atoms with E-state index in [0.717, 1.165) is 115 Å². The Labute approximate surface area is 456 Å². The van der Waals surface area contributed by atoms with Gasteiger partial charge < -0.3 is 36.4 Å². The van der Waals surface area contributed by atoms with Gasteiger partial charge in [0, 0.05) is 74.1 Å². The topological polar surface area (TPSA) is 254 Å². The number of allylic oxidation sites excluding steroid dienone is 1. The number of anilines is 3. The zero-order chi connectivity index (χ0) is 55.5. The number of hydrogen-bond donors (Lipinski definition) is 6. The van der Waals surface area contributed by atoms with Crippen LogP contribution in [0.4, 0.5) is 30.5 Å². The summed E-state index contributed by atoms with van der Waals surface area (Å²) in [7, 11) is 0. The Balaban J connectivity index is 0.726. The molecule has 6 amide bonds. The number of piperidine rings is 3. The molecule has 9 rings (SSSR count). The first-order chi connectivity index (χ1) is 38.1. The van der Waals surface area contributed by atoms with Gasteiger partial charge in [-0.2, -0.15) is 18.3 Å². The van der Waals surface area contributed by atoms with Crippen LogP contribution in [0.3, 0.4) is 0 Å². The van der Waals surface area contributed by atoms with E-state index in [-0.39, 0.29) is 66.0 Å². The number of nitrogens with one attached hydrogen (secondary N) is 5. The van der Waals surface area contributed by atoms with Crippen molar-refractivity contribution in [3.63, 3.8) is 0 Å². The smallest absolute Gasteiger partial charge is 0.383 e. The van der Waals surface area contributed by atoms with Gasteiger partial charge in [-0.3, -0.25) is 39.2 Å². The Morgan fingerprint density at radius 2 is 1.59 bits per heavy atom. The lowest BCUT2D eigenvalue weighted by atomic mass is 9.90. The van der Waals surface area contributed by atoms with Crippen molar-refractivity contribution < 1.29 is 41.9 Å². The number of nitrogens with zero attached hydrogens (tertiary/aromatic N) is 7. The van der Waals surface area contributed by atoms with Crippen molar-refractivity contribution in [3.8, 4) is 11.3 Å². The second-order valence-corrected chi connectivity index (χ2v) is 21.2. The molecule has 22 heteroatoms. The van der Waals surface area contributed by atoms with E-state index in [2.05, 4.69) is 56.2 Å². The lowest BCUT2D eigenvalue weighted by Gasteiger charge is -2.38. The number of rotatable bonds is 19. The number of fused-ring (bicyclic) bond motifs is 1. The van der Waals surface area contributed by atoms with Crippen LogP contribution in [0.25, 0.3) is 28.2 Å². The lowest BCUT2D eigenvalue weighted by Crippen LogP contribution is -2.52. The predicted molar refractivity (Wildman–Crippen MR) is 292 cm³/mol. The zero-order valence-electron chi connectivity index (χ0n) is 44.2. The van der Waals surface area contributed by atoms with Gasteiger partial charge in [-0.05, 0) is 126 Å². The third-order valence-corrected chi connectivity index (χ3v) is 15.7. The summed E-state index contributed by atoms with van der Waals surface area (Å²) in [5.74, 6) is -1.02. The van der Waals surface area contributed by atoms with E-state index in [4.69, 9.17) is 5.73 Å². The summed E-state index contributed by atoms with van der Waals surface area (Å²) in [5.41, 5.74) is 9.33. The van der Waals surface area contributed by atoms with Crippen LogP contribution in [0.2, 0.25) is 0 Å². The molecule has 4 aromatic heterocycles. The molecule has 4 aliphatic rings. The molecule has 19 nitrogen and oxygen atoms in total. The number of carbonyl (C=O) groups excluding carboxylic acids is 6. The molecule has 3 saturated heterocycles. The maximum Gasteiger partial charge on any atom is 0.416 e. The van der Waals surface area contributed by atoms with Crippen LogP contribution in [-0.4, -0.2) is 128 Å². The third-order valence-electron chi connectivity index (χ3n) is 15.7. The molecule has 1 unspecified atom stereocenters. The Bertz CT molecular complexity index is 3000. The molecule has 7 N–H and O–H groups in total. The summed E-state index contributed by atoms with van der Waals surface area (Å²) in [6.07, 6.45) is 15.9. The average Bonchev–Trinajstić information content (AvgIpc) is 3.94. The van der Waals surface area contributed by atoms with Gasteiger partial charge in [-0.25, -0.2) is 15.0 Å². The number of aromatic nitrogens is 5. The van der Waals surface area contributed by atoms with Gasteiger partial charge >= 0.3 is 6.18 Å². The molecule has 5 aromatic rings. The second kappa shape index (κ2) is 25.8. The lowest BCUT2D eigenvalue weighted by molar-refractivity contribution is -0.138. The number of imide groups is 1. The number of nitrogens with two attached hydrogens (primary N) is 1. The van der Waals surface area contributed by atoms with Gasteiger partial charge in [0.1, 0.15) is 28.9 Å². The van der Waals surface area contributed by atoms with Crippen molar-refractivity contribution in [2.24, 2.45) is 11.8 Å². The molecule has 79 heavy (non-hydrogen) atoms. The van der Waals surface area contributed by atoms with Crippen LogP contribution in [0.15, 0.2) is 73.2 Å². The molecule has 0 spiro atoms. The molecule has 1 aliphatic carbocycles. The van der Waals surface area contributed by atoms with E-state index in [1.165, 1.54) is 18.6 Å². The number of alkyl halides is 3. The highest BCUT2D eigenvalue weighted by atomic mass is 19.4. The van der Waals surface area contributed by atoms with Crippen molar-refractivity contribution in [1.29, 1.82) is 0 Å². The van der Waals surface area contributed by atoms with E-state index in [1.807, 2.05) is 18.2 Å². The first kappa shape index (κ1) is 56.0. The van der Waals surface area contributed by atoms with E-state index < -0.39 is 35.5 Å². The normalized spacial score (nSPS) is 18.2. The van der Waals surface area contributed by atoms with Crippen LogP contribution in [0.5, 0.6) is 0 Å². The number of carbonyl (C=O) groups is 6.